The van der Waals surface area contributed by atoms with Crippen molar-refractivity contribution in [2.75, 3.05) is 0 Å². The molecule has 8 nitrogen and oxygen atoms in total. The Morgan fingerprint density at radius 1 is 1.19 bits per heavy atom. The molecule has 1 aliphatic carbocycles. The first-order chi connectivity index (χ1) is 9.71. The average molecular weight is 322 g/mol. The summed E-state index contributed by atoms with van der Waals surface area (Å²) >= 11 is 0. The number of carbonyl (C=O) groups is 2. The van der Waals surface area contributed by atoms with Crippen LogP contribution in [0.5, 0.6) is 0 Å². The summed E-state index contributed by atoms with van der Waals surface area (Å²) in [6.07, 6.45) is 2.46. The van der Waals surface area contributed by atoms with E-state index < -0.39 is 34.4 Å². The summed E-state index contributed by atoms with van der Waals surface area (Å²) in [6.45, 7) is 3.14. The van der Waals surface area contributed by atoms with Crippen molar-refractivity contribution in [2.24, 2.45) is 5.92 Å². The van der Waals surface area contributed by atoms with E-state index in [2.05, 4.69) is 4.74 Å². The molecule has 1 amide bonds. The second kappa shape index (κ2) is 7.60. The van der Waals surface area contributed by atoms with Crippen LogP contribution in [0.2, 0.25) is 0 Å². The van der Waals surface area contributed by atoms with Crippen LogP contribution in [-0.2, 0) is 19.7 Å². The summed E-state index contributed by atoms with van der Waals surface area (Å²) in [6, 6.07) is -1.24. The van der Waals surface area contributed by atoms with Crippen molar-refractivity contribution in [3.8, 4) is 0 Å². The fraction of sp³-hybridized carbons (Fsp3) is 0.833. The third-order valence-corrected chi connectivity index (χ3v) is 4.23. The van der Waals surface area contributed by atoms with Gasteiger partial charge in [0.25, 0.3) is 0 Å². The Kier molecular flexibility index (Phi) is 6.41. The molecule has 0 aliphatic heterocycles. The van der Waals surface area contributed by atoms with E-state index in [0.29, 0.717) is 12.8 Å². The minimum Gasteiger partial charge on any atom is -0.480 e. The summed E-state index contributed by atoms with van der Waals surface area (Å²) in [4.78, 5) is 22.6. The standard InChI is InChI=1S/C12H22N2O6S/c1-8(2)20-12(17)14-21(18,19)13-10(11(15)16)9-6-4-3-5-7-9/h8-10,13H,3-7H2,1-2H3,(H,14,17)(H,15,16). The monoisotopic (exact) mass is 322 g/mol. The highest BCUT2D eigenvalue weighted by atomic mass is 32.2. The zero-order valence-corrected chi connectivity index (χ0v) is 13.0. The number of amides is 1. The molecule has 1 fully saturated rings. The maximum absolute atomic E-state index is 11.8. The van der Waals surface area contributed by atoms with Crippen LogP contribution in [-0.4, -0.2) is 37.7 Å². The van der Waals surface area contributed by atoms with Crippen LogP contribution in [0.4, 0.5) is 4.79 Å². The number of aliphatic carboxylic acids is 1. The van der Waals surface area contributed by atoms with Gasteiger partial charge in [0.2, 0.25) is 0 Å². The summed E-state index contributed by atoms with van der Waals surface area (Å²) in [5, 5.41) is 9.20. The molecule has 0 aromatic rings. The first-order valence-corrected chi connectivity index (χ1v) is 8.43. The largest absolute Gasteiger partial charge is 0.480 e. The van der Waals surface area contributed by atoms with E-state index in [-0.39, 0.29) is 5.92 Å². The molecule has 0 aromatic carbocycles. The van der Waals surface area contributed by atoms with Gasteiger partial charge in [0, 0.05) is 0 Å². The predicted octanol–water partition coefficient (Wildman–Crippen LogP) is 0.989. The molecule has 9 heteroatoms. The quantitative estimate of drug-likeness (QED) is 0.670. The third-order valence-electron chi connectivity index (χ3n) is 3.23. The first-order valence-electron chi connectivity index (χ1n) is 6.95. The van der Waals surface area contributed by atoms with Crippen molar-refractivity contribution < 1.29 is 27.9 Å². The SMILES string of the molecule is CC(C)OC(=O)NS(=O)(=O)NC(C(=O)O)C1CCCCC1. The highest BCUT2D eigenvalue weighted by Gasteiger charge is 2.33. The number of carbonyl (C=O) groups excluding carboxylic acids is 1. The van der Waals surface area contributed by atoms with Gasteiger partial charge in [0.15, 0.2) is 0 Å². The van der Waals surface area contributed by atoms with Crippen LogP contribution < -0.4 is 9.44 Å². The van der Waals surface area contributed by atoms with E-state index in [1.54, 1.807) is 18.6 Å². The lowest BCUT2D eigenvalue weighted by Gasteiger charge is -2.27. The van der Waals surface area contributed by atoms with Crippen molar-refractivity contribution in [1.82, 2.24) is 9.44 Å². The smallest absolute Gasteiger partial charge is 0.422 e. The molecule has 1 saturated carbocycles. The Labute approximate surface area is 124 Å². The number of hydrogen-bond donors (Lipinski definition) is 3. The Bertz CT molecular complexity index is 470. The predicted molar refractivity (Wildman–Crippen MR) is 74.8 cm³/mol. The zero-order valence-electron chi connectivity index (χ0n) is 12.2. The van der Waals surface area contributed by atoms with Crippen molar-refractivity contribution in [3.05, 3.63) is 0 Å². The lowest BCUT2D eigenvalue weighted by Crippen LogP contribution is -2.51. The molecule has 1 unspecified atom stereocenters. The average Bonchev–Trinajstić information content (AvgIpc) is 2.35. The van der Waals surface area contributed by atoms with Crippen molar-refractivity contribution in [2.45, 2.75) is 58.1 Å². The molecule has 122 valence electrons. The van der Waals surface area contributed by atoms with E-state index in [0.717, 1.165) is 19.3 Å². The zero-order chi connectivity index (χ0) is 16.0. The summed E-state index contributed by atoms with van der Waals surface area (Å²) < 4.78 is 31.9. The Morgan fingerprint density at radius 2 is 1.76 bits per heavy atom. The van der Waals surface area contributed by atoms with Crippen molar-refractivity contribution in [1.29, 1.82) is 0 Å². The second-order valence-corrected chi connectivity index (χ2v) is 6.84. The van der Waals surface area contributed by atoms with Crippen molar-refractivity contribution in [3.63, 3.8) is 0 Å². The molecule has 0 heterocycles. The molecular weight excluding hydrogens is 300 g/mol. The number of carboxylic acid groups (broad SMARTS) is 1. The van der Waals surface area contributed by atoms with Crippen LogP contribution in [0, 0.1) is 5.92 Å². The van der Waals surface area contributed by atoms with Gasteiger partial charge in [-0.15, -0.1) is 0 Å². The normalized spacial score (nSPS) is 18.2. The van der Waals surface area contributed by atoms with E-state index in [4.69, 9.17) is 0 Å². The molecule has 0 bridgehead atoms. The molecule has 0 saturated heterocycles. The minimum atomic E-state index is -4.28. The van der Waals surface area contributed by atoms with Gasteiger partial charge in [0.05, 0.1) is 6.10 Å². The van der Waals surface area contributed by atoms with E-state index in [1.165, 1.54) is 0 Å². The van der Waals surface area contributed by atoms with Crippen LogP contribution in [0.1, 0.15) is 46.0 Å². The third kappa shape index (κ3) is 6.30. The summed E-state index contributed by atoms with van der Waals surface area (Å²) in [7, 11) is -4.28. The van der Waals surface area contributed by atoms with E-state index in [9.17, 15) is 23.1 Å². The van der Waals surface area contributed by atoms with Crippen LogP contribution in [0.3, 0.4) is 0 Å². The molecule has 1 aliphatic rings. The lowest BCUT2D eigenvalue weighted by atomic mass is 9.84. The maximum atomic E-state index is 11.8. The lowest BCUT2D eigenvalue weighted by molar-refractivity contribution is -0.140. The molecule has 0 radical (unpaired) electrons. The van der Waals surface area contributed by atoms with Gasteiger partial charge < -0.3 is 9.84 Å². The number of carboxylic acids is 1. The number of hydrogen-bond acceptors (Lipinski definition) is 5. The topological polar surface area (TPSA) is 122 Å². The van der Waals surface area contributed by atoms with Gasteiger partial charge in [-0.05, 0) is 32.6 Å². The van der Waals surface area contributed by atoms with Gasteiger partial charge in [-0.25, -0.2) is 9.52 Å². The van der Waals surface area contributed by atoms with Gasteiger partial charge >= 0.3 is 22.3 Å². The van der Waals surface area contributed by atoms with Gasteiger partial charge in [0.1, 0.15) is 6.04 Å². The van der Waals surface area contributed by atoms with E-state index in [1.807, 2.05) is 4.72 Å². The second-order valence-electron chi connectivity index (χ2n) is 5.39. The molecule has 21 heavy (non-hydrogen) atoms. The van der Waals surface area contributed by atoms with Gasteiger partial charge in [-0.3, -0.25) is 4.79 Å². The van der Waals surface area contributed by atoms with Crippen LogP contribution in [0.25, 0.3) is 0 Å². The number of nitrogens with one attached hydrogen (secondary N) is 2. The number of ether oxygens (including phenoxy) is 1. The van der Waals surface area contributed by atoms with Gasteiger partial charge in [-0.1, -0.05) is 19.3 Å². The minimum absolute atomic E-state index is 0.269. The first kappa shape index (κ1) is 17.7. The summed E-state index contributed by atoms with van der Waals surface area (Å²) in [5.41, 5.74) is 0. The number of rotatable bonds is 6. The summed E-state index contributed by atoms with van der Waals surface area (Å²) in [5.74, 6) is -1.52. The van der Waals surface area contributed by atoms with Crippen LogP contribution >= 0.6 is 0 Å². The van der Waals surface area contributed by atoms with Gasteiger partial charge in [-0.2, -0.15) is 13.1 Å². The van der Waals surface area contributed by atoms with E-state index >= 15 is 0 Å². The molecule has 1 rings (SSSR count). The molecular formula is C12H22N2O6S. The molecule has 0 spiro atoms. The Hall–Kier alpha value is -1.35. The Balaban J connectivity index is 2.68. The molecule has 1 atom stereocenters. The molecule has 3 N–H and O–H groups in total. The van der Waals surface area contributed by atoms with Crippen molar-refractivity contribution >= 4 is 22.3 Å². The molecule has 0 aromatic heterocycles. The van der Waals surface area contributed by atoms with Crippen LogP contribution in [0.15, 0.2) is 0 Å². The maximum Gasteiger partial charge on any atom is 0.422 e. The fourth-order valence-corrected chi connectivity index (χ4v) is 3.31. The highest BCUT2D eigenvalue weighted by Crippen LogP contribution is 2.26. The fourth-order valence-electron chi connectivity index (χ4n) is 2.36. The highest BCUT2D eigenvalue weighted by molar-refractivity contribution is 7.88. The Morgan fingerprint density at radius 3 is 2.24 bits per heavy atom.